The molecule has 1 aromatic carbocycles. The van der Waals surface area contributed by atoms with Crippen molar-refractivity contribution >= 4 is 17.7 Å². The number of carboxylic acids is 1. The highest BCUT2D eigenvalue weighted by Gasteiger charge is 2.25. The molecular formula is C11H10N2O7. The van der Waals surface area contributed by atoms with Crippen LogP contribution < -0.4 is 10.1 Å². The van der Waals surface area contributed by atoms with Gasteiger partial charge in [-0.2, -0.15) is 0 Å². The van der Waals surface area contributed by atoms with Crippen LogP contribution in [0.4, 0.5) is 10.5 Å². The second-order valence-electron chi connectivity index (χ2n) is 3.96. The number of nitrogens with zero attached hydrogens (tertiary/aromatic N) is 1. The van der Waals surface area contributed by atoms with Gasteiger partial charge in [-0.25, -0.2) is 9.59 Å². The van der Waals surface area contributed by atoms with Crippen LogP contribution >= 0.6 is 0 Å². The number of carbonyl (C=O) groups excluding carboxylic acids is 1. The molecule has 1 atom stereocenters. The van der Waals surface area contributed by atoms with Crippen molar-refractivity contribution in [2.24, 2.45) is 0 Å². The van der Waals surface area contributed by atoms with Crippen LogP contribution in [-0.4, -0.2) is 41.3 Å². The maximum absolute atomic E-state index is 10.8. The van der Waals surface area contributed by atoms with Gasteiger partial charge in [0, 0.05) is 12.1 Å². The van der Waals surface area contributed by atoms with E-state index in [-0.39, 0.29) is 30.2 Å². The van der Waals surface area contributed by atoms with Gasteiger partial charge >= 0.3 is 17.7 Å². The molecule has 9 heteroatoms. The van der Waals surface area contributed by atoms with Gasteiger partial charge in [0.25, 0.3) is 0 Å². The summed E-state index contributed by atoms with van der Waals surface area (Å²) in [7, 11) is 0. The molecule has 2 N–H and O–H groups in total. The van der Waals surface area contributed by atoms with Gasteiger partial charge in [0.2, 0.25) is 0 Å². The smallest absolute Gasteiger partial charge is 0.407 e. The quantitative estimate of drug-likeness (QED) is 0.603. The van der Waals surface area contributed by atoms with Gasteiger partial charge in [-0.1, -0.05) is 0 Å². The summed E-state index contributed by atoms with van der Waals surface area (Å²) in [6.45, 7) is 0.119. The number of amides is 1. The van der Waals surface area contributed by atoms with E-state index in [2.05, 4.69) is 5.32 Å². The molecule has 0 saturated carbocycles. The number of cyclic esters (lactones) is 1. The predicted octanol–water partition coefficient (Wildman–Crippen LogP) is 0.780. The molecule has 1 unspecified atom stereocenters. The predicted molar refractivity (Wildman–Crippen MR) is 63.8 cm³/mol. The first-order valence-corrected chi connectivity index (χ1v) is 5.56. The Morgan fingerprint density at radius 2 is 2.35 bits per heavy atom. The maximum atomic E-state index is 10.8. The summed E-state index contributed by atoms with van der Waals surface area (Å²) >= 11 is 0. The minimum Gasteiger partial charge on any atom is -0.483 e. The molecule has 1 saturated heterocycles. The number of rotatable bonds is 5. The fraction of sp³-hybridized carbons (Fsp3) is 0.273. The van der Waals surface area contributed by atoms with E-state index in [4.69, 9.17) is 14.6 Å². The highest BCUT2D eigenvalue weighted by atomic mass is 16.6. The topological polar surface area (TPSA) is 128 Å². The molecule has 1 amide bonds. The number of nitro benzene ring substituents is 1. The van der Waals surface area contributed by atoms with Crippen LogP contribution in [0.3, 0.4) is 0 Å². The number of hydrogen-bond acceptors (Lipinski definition) is 6. The zero-order chi connectivity index (χ0) is 14.7. The number of hydrogen-bond donors (Lipinski definition) is 2. The average molecular weight is 282 g/mol. The summed E-state index contributed by atoms with van der Waals surface area (Å²) in [6, 6.07) is 3.23. The van der Waals surface area contributed by atoms with Gasteiger partial charge in [0.15, 0.2) is 11.9 Å². The summed E-state index contributed by atoms with van der Waals surface area (Å²) in [5.41, 5.74) is -0.487. The van der Waals surface area contributed by atoms with Crippen LogP contribution in [0.25, 0.3) is 0 Å². The van der Waals surface area contributed by atoms with Crippen molar-refractivity contribution in [3.8, 4) is 5.75 Å². The van der Waals surface area contributed by atoms with E-state index in [0.29, 0.717) is 0 Å². The van der Waals surface area contributed by atoms with Crippen LogP contribution in [0.1, 0.15) is 10.4 Å². The molecule has 20 heavy (non-hydrogen) atoms. The molecule has 1 fully saturated rings. The first kappa shape index (κ1) is 13.6. The van der Waals surface area contributed by atoms with Crippen LogP contribution in [0.2, 0.25) is 0 Å². The fourth-order valence-electron chi connectivity index (χ4n) is 1.62. The van der Waals surface area contributed by atoms with Gasteiger partial charge in [-0.15, -0.1) is 0 Å². The molecule has 0 radical (unpaired) electrons. The van der Waals surface area contributed by atoms with E-state index in [9.17, 15) is 19.7 Å². The van der Waals surface area contributed by atoms with Crippen LogP contribution in [-0.2, 0) is 4.74 Å². The molecule has 1 heterocycles. The van der Waals surface area contributed by atoms with Crippen molar-refractivity contribution in [1.29, 1.82) is 0 Å². The molecule has 1 aliphatic rings. The van der Waals surface area contributed by atoms with Gasteiger partial charge in [0.05, 0.1) is 17.0 Å². The van der Waals surface area contributed by atoms with Gasteiger partial charge in [0.1, 0.15) is 6.61 Å². The fourth-order valence-corrected chi connectivity index (χ4v) is 1.62. The van der Waals surface area contributed by atoms with E-state index in [1.807, 2.05) is 0 Å². The molecule has 0 spiro atoms. The van der Waals surface area contributed by atoms with Crippen molar-refractivity contribution in [2.45, 2.75) is 6.10 Å². The minimum absolute atomic E-state index is 0.108. The van der Waals surface area contributed by atoms with E-state index in [0.717, 1.165) is 18.2 Å². The first-order chi connectivity index (χ1) is 9.47. The lowest BCUT2D eigenvalue weighted by atomic mass is 10.2. The standard InChI is InChI=1S/C11H10N2O7/c14-10(15)6-1-2-8(13(17)18)9(3-6)19-5-7-4-12-11(16)20-7/h1-3,7H,4-5H2,(H,12,16)(H,14,15). The number of aromatic carboxylic acids is 1. The summed E-state index contributed by atoms with van der Waals surface area (Å²) in [6.07, 6.45) is -1.16. The lowest BCUT2D eigenvalue weighted by molar-refractivity contribution is -0.385. The van der Waals surface area contributed by atoms with Gasteiger partial charge in [-0.05, 0) is 6.07 Å². The maximum Gasteiger partial charge on any atom is 0.407 e. The van der Waals surface area contributed by atoms with Crippen molar-refractivity contribution in [2.75, 3.05) is 13.2 Å². The van der Waals surface area contributed by atoms with E-state index in [1.165, 1.54) is 0 Å². The number of carbonyl (C=O) groups is 2. The summed E-state index contributed by atoms with van der Waals surface area (Å²) in [4.78, 5) is 31.8. The average Bonchev–Trinajstić information content (AvgIpc) is 2.81. The monoisotopic (exact) mass is 282 g/mol. The Morgan fingerprint density at radius 1 is 1.60 bits per heavy atom. The third-order valence-corrected chi connectivity index (χ3v) is 2.58. The van der Waals surface area contributed by atoms with Gasteiger partial charge in [-0.3, -0.25) is 10.1 Å². The number of carboxylic acid groups (broad SMARTS) is 1. The Balaban J connectivity index is 2.15. The van der Waals surface area contributed by atoms with Crippen molar-refractivity contribution < 1.29 is 29.1 Å². The molecular weight excluding hydrogens is 272 g/mol. The number of benzene rings is 1. The minimum atomic E-state index is -1.22. The van der Waals surface area contributed by atoms with Crippen molar-refractivity contribution in [3.63, 3.8) is 0 Å². The second-order valence-corrected chi connectivity index (χ2v) is 3.96. The number of ether oxygens (including phenoxy) is 2. The zero-order valence-corrected chi connectivity index (χ0v) is 10.1. The molecule has 1 aromatic rings. The van der Waals surface area contributed by atoms with E-state index >= 15 is 0 Å². The molecule has 2 rings (SSSR count). The Labute approximate surface area is 112 Å². The molecule has 1 aliphatic heterocycles. The van der Waals surface area contributed by atoms with Crippen molar-refractivity contribution in [1.82, 2.24) is 5.32 Å². The van der Waals surface area contributed by atoms with Crippen LogP contribution in [0, 0.1) is 10.1 Å². The summed E-state index contributed by atoms with van der Waals surface area (Å²) in [5, 5.41) is 22.1. The highest BCUT2D eigenvalue weighted by Crippen LogP contribution is 2.28. The lowest BCUT2D eigenvalue weighted by Crippen LogP contribution is -2.22. The van der Waals surface area contributed by atoms with Crippen LogP contribution in [0.5, 0.6) is 5.75 Å². The molecule has 0 bridgehead atoms. The van der Waals surface area contributed by atoms with E-state index in [1.54, 1.807) is 0 Å². The lowest BCUT2D eigenvalue weighted by Gasteiger charge is -2.10. The first-order valence-electron chi connectivity index (χ1n) is 5.56. The third kappa shape index (κ3) is 2.94. The number of nitro groups is 1. The Kier molecular flexibility index (Phi) is 3.69. The van der Waals surface area contributed by atoms with Crippen LogP contribution in [0.15, 0.2) is 18.2 Å². The van der Waals surface area contributed by atoms with Gasteiger partial charge < -0.3 is 19.9 Å². The largest absolute Gasteiger partial charge is 0.483 e. The Morgan fingerprint density at radius 3 is 2.90 bits per heavy atom. The normalized spacial score (nSPS) is 17.2. The third-order valence-electron chi connectivity index (χ3n) is 2.58. The van der Waals surface area contributed by atoms with E-state index < -0.39 is 23.1 Å². The second kappa shape index (κ2) is 5.43. The summed E-state index contributed by atoms with van der Waals surface area (Å²) < 4.78 is 10.00. The SMILES string of the molecule is O=C1NCC(COc2cc(C(=O)O)ccc2[N+](=O)[O-])O1. The molecule has 9 nitrogen and oxygen atoms in total. The molecule has 106 valence electrons. The number of nitrogens with one attached hydrogen (secondary N) is 1. The Bertz CT molecular complexity index is 572. The molecule has 0 aliphatic carbocycles. The highest BCUT2D eigenvalue weighted by molar-refractivity contribution is 5.88. The van der Waals surface area contributed by atoms with Crippen molar-refractivity contribution in [3.05, 3.63) is 33.9 Å². The molecule has 0 aromatic heterocycles. The zero-order valence-electron chi connectivity index (χ0n) is 10.1. The summed E-state index contributed by atoms with van der Waals surface area (Å²) in [5.74, 6) is -1.41. The Hall–Kier alpha value is -2.84. The number of alkyl carbamates (subject to hydrolysis) is 1.